The third-order valence-electron chi connectivity index (χ3n) is 2.60. The molecule has 0 aliphatic carbocycles. The highest BCUT2D eigenvalue weighted by Crippen LogP contribution is 2.18. The molecule has 0 saturated carbocycles. The van der Waals surface area contributed by atoms with Gasteiger partial charge in [-0.1, -0.05) is 38.6 Å². The largest absolute Gasteiger partial charge is 0.361 e. The molecule has 0 spiro atoms. The van der Waals surface area contributed by atoms with Crippen molar-refractivity contribution in [2.75, 3.05) is 5.32 Å². The summed E-state index contributed by atoms with van der Waals surface area (Å²) in [6, 6.07) is 9.91. The average Bonchev–Trinajstić information content (AvgIpc) is 2.29. The molecule has 0 fully saturated rings. The van der Waals surface area contributed by atoms with E-state index in [1.807, 2.05) is 36.5 Å². The molecule has 0 bridgehead atoms. The van der Waals surface area contributed by atoms with E-state index in [-0.39, 0.29) is 0 Å². The van der Waals surface area contributed by atoms with Crippen LogP contribution in [0.15, 0.2) is 54.3 Å². The average molecular weight is 228 g/mol. The summed E-state index contributed by atoms with van der Waals surface area (Å²) in [7, 11) is 0. The van der Waals surface area contributed by atoms with E-state index in [1.54, 1.807) is 6.92 Å². The van der Waals surface area contributed by atoms with Gasteiger partial charge in [0.15, 0.2) is 0 Å². The first kappa shape index (κ1) is 13.2. The van der Waals surface area contributed by atoms with Crippen LogP contribution in [0.5, 0.6) is 0 Å². The van der Waals surface area contributed by atoms with Crippen LogP contribution < -0.4 is 5.32 Å². The van der Waals surface area contributed by atoms with Gasteiger partial charge in [0.05, 0.1) is 0 Å². The van der Waals surface area contributed by atoms with E-state index in [0.29, 0.717) is 11.6 Å². The van der Waals surface area contributed by atoms with Gasteiger partial charge in [-0.15, -0.1) is 0 Å². The van der Waals surface area contributed by atoms with Gasteiger partial charge >= 0.3 is 0 Å². The molecule has 17 heavy (non-hydrogen) atoms. The maximum absolute atomic E-state index is 7.77. The van der Waals surface area contributed by atoms with Gasteiger partial charge in [-0.2, -0.15) is 0 Å². The molecule has 0 amide bonds. The van der Waals surface area contributed by atoms with Gasteiger partial charge < -0.3 is 10.7 Å². The Bertz CT molecular complexity index is 427. The third-order valence-corrected chi connectivity index (χ3v) is 2.60. The summed E-state index contributed by atoms with van der Waals surface area (Å²) >= 11 is 0. The molecule has 90 valence electrons. The van der Waals surface area contributed by atoms with Crippen molar-refractivity contribution >= 4 is 11.4 Å². The van der Waals surface area contributed by atoms with Crippen molar-refractivity contribution in [3.8, 4) is 0 Å². The van der Waals surface area contributed by atoms with Crippen LogP contribution >= 0.6 is 0 Å². The number of rotatable bonds is 5. The number of anilines is 1. The summed E-state index contributed by atoms with van der Waals surface area (Å²) in [6.45, 7) is 9.99. The molecule has 1 aromatic rings. The van der Waals surface area contributed by atoms with Crippen LogP contribution in [-0.4, -0.2) is 5.71 Å². The van der Waals surface area contributed by atoms with Crippen molar-refractivity contribution in [1.82, 2.24) is 0 Å². The number of benzene rings is 1. The van der Waals surface area contributed by atoms with Crippen LogP contribution in [0, 0.1) is 11.3 Å². The van der Waals surface area contributed by atoms with E-state index in [9.17, 15) is 0 Å². The Balaban J connectivity index is 2.86. The zero-order valence-corrected chi connectivity index (χ0v) is 10.7. The molecule has 1 aromatic carbocycles. The van der Waals surface area contributed by atoms with Crippen molar-refractivity contribution in [2.24, 2.45) is 5.92 Å². The normalized spacial score (nSPS) is 11.4. The van der Waals surface area contributed by atoms with E-state index in [0.717, 1.165) is 16.8 Å². The Morgan fingerprint density at radius 1 is 1.29 bits per heavy atom. The number of allylic oxidation sites excluding steroid dienone is 2. The topological polar surface area (TPSA) is 35.9 Å². The molecule has 0 heterocycles. The predicted octanol–water partition coefficient (Wildman–Crippen LogP) is 4.23. The summed E-state index contributed by atoms with van der Waals surface area (Å²) in [5.74, 6) is 0.346. The summed E-state index contributed by atoms with van der Waals surface area (Å²) in [6.07, 6.45) is 1.86. The summed E-state index contributed by atoms with van der Waals surface area (Å²) in [4.78, 5) is 0. The molecule has 0 unspecified atom stereocenters. The second-order valence-electron chi connectivity index (χ2n) is 4.37. The molecule has 1 rings (SSSR count). The van der Waals surface area contributed by atoms with Gasteiger partial charge in [0.2, 0.25) is 0 Å². The molecule has 2 nitrogen and oxygen atoms in total. The SMILES string of the molecule is C=C(/C(=C/Nc1ccccc1)C(C)=N)C(C)C. The minimum Gasteiger partial charge on any atom is -0.361 e. The van der Waals surface area contributed by atoms with Crippen LogP contribution in [0.2, 0.25) is 0 Å². The standard InChI is InChI=1S/C15H20N2/c1-11(2)12(3)15(13(4)16)10-17-14-8-6-5-7-9-14/h5-11,16-17H,3H2,1-2,4H3/b15-10-,16-13?. The summed E-state index contributed by atoms with van der Waals surface area (Å²) < 4.78 is 0. The minimum absolute atomic E-state index is 0.346. The van der Waals surface area contributed by atoms with Crippen molar-refractivity contribution in [3.63, 3.8) is 0 Å². The van der Waals surface area contributed by atoms with Gasteiger partial charge in [-0.3, -0.25) is 0 Å². The number of para-hydroxylation sites is 1. The molecule has 0 saturated heterocycles. The second-order valence-corrected chi connectivity index (χ2v) is 4.37. The lowest BCUT2D eigenvalue weighted by Crippen LogP contribution is -2.06. The second kappa shape index (κ2) is 6.04. The Morgan fingerprint density at radius 3 is 2.35 bits per heavy atom. The first-order chi connectivity index (χ1) is 8.02. The van der Waals surface area contributed by atoms with Gasteiger partial charge in [-0.25, -0.2) is 0 Å². The first-order valence-corrected chi connectivity index (χ1v) is 5.78. The monoisotopic (exact) mass is 228 g/mol. The Labute approximate surface area is 104 Å². The lowest BCUT2D eigenvalue weighted by atomic mass is 9.95. The quantitative estimate of drug-likeness (QED) is 0.574. The molecule has 0 atom stereocenters. The van der Waals surface area contributed by atoms with Gasteiger partial charge in [0.1, 0.15) is 0 Å². The zero-order chi connectivity index (χ0) is 12.8. The molecular formula is C15H20N2. The highest BCUT2D eigenvalue weighted by molar-refractivity contribution is 6.00. The fourth-order valence-electron chi connectivity index (χ4n) is 1.44. The van der Waals surface area contributed by atoms with Crippen molar-refractivity contribution < 1.29 is 0 Å². The van der Waals surface area contributed by atoms with Crippen molar-refractivity contribution in [1.29, 1.82) is 5.41 Å². The minimum atomic E-state index is 0.346. The smallest absolute Gasteiger partial charge is 0.0379 e. The van der Waals surface area contributed by atoms with Gasteiger partial charge in [-0.05, 0) is 30.5 Å². The van der Waals surface area contributed by atoms with Gasteiger partial charge in [0, 0.05) is 23.2 Å². The van der Waals surface area contributed by atoms with Crippen LogP contribution in [0.1, 0.15) is 20.8 Å². The van der Waals surface area contributed by atoms with E-state index >= 15 is 0 Å². The fraction of sp³-hybridized carbons (Fsp3) is 0.267. The zero-order valence-electron chi connectivity index (χ0n) is 10.7. The highest BCUT2D eigenvalue weighted by atomic mass is 14.8. The van der Waals surface area contributed by atoms with Crippen LogP contribution in [0.3, 0.4) is 0 Å². The lowest BCUT2D eigenvalue weighted by molar-refractivity contribution is 0.788. The molecule has 0 aliphatic rings. The highest BCUT2D eigenvalue weighted by Gasteiger charge is 2.08. The predicted molar refractivity (Wildman–Crippen MR) is 75.5 cm³/mol. The van der Waals surface area contributed by atoms with Crippen LogP contribution in [0.4, 0.5) is 5.69 Å². The van der Waals surface area contributed by atoms with E-state index in [4.69, 9.17) is 5.41 Å². The summed E-state index contributed by atoms with van der Waals surface area (Å²) in [5.41, 5.74) is 3.42. The molecule has 0 aromatic heterocycles. The van der Waals surface area contributed by atoms with E-state index in [1.165, 1.54) is 0 Å². The van der Waals surface area contributed by atoms with Crippen LogP contribution in [0.25, 0.3) is 0 Å². The van der Waals surface area contributed by atoms with Crippen LogP contribution in [-0.2, 0) is 0 Å². The van der Waals surface area contributed by atoms with Crippen molar-refractivity contribution in [2.45, 2.75) is 20.8 Å². The number of nitrogens with one attached hydrogen (secondary N) is 2. The molecule has 2 N–H and O–H groups in total. The Kier molecular flexibility index (Phi) is 4.70. The Morgan fingerprint density at radius 2 is 1.88 bits per heavy atom. The maximum atomic E-state index is 7.77. The van der Waals surface area contributed by atoms with E-state index in [2.05, 4.69) is 25.7 Å². The van der Waals surface area contributed by atoms with Gasteiger partial charge in [0.25, 0.3) is 0 Å². The molecule has 0 radical (unpaired) electrons. The fourth-order valence-corrected chi connectivity index (χ4v) is 1.44. The van der Waals surface area contributed by atoms with Crippen molar-refractivity contribution in [3.05, 3.63) is 54.3 Å². The van der Waals surface area contributed by atoms with E-state index < -0.39 is 0 Å². The summed E-state index contributed by atoms with van der Waals surface area (Å²) in [5, 5.41) is 11.0. The number of hydrogen-bond acceptors (Lipinski definition) is 2. The molecular weight excluding hydrogens is 208 g/mol. The lowest BCUT2D eigenvalue weighted by Gasteiger charge is -2.13. The number of hydrogen-bond donors (Lipinski definition) is 2. The Hall–Kier alpha value is -1.83. The third kappa shape index (κ3) is 3.91. The molecule has 0 aliphatic heterocycles. The molecule has 2 heteroatoms. The maximum Gasteiger partial charge on any atom is 0.0379 e. The first-order valence-electron chi connectivity index (χ1n) is 5.78.